The van der Waals surface area contributed by atoms with Crippen LogP contribution < -0.4 is 5.32 Å². The van der Waals surface area contributed by atoms with Gasteiger partial charge in [0.15, 0.2) is 0 Å². The number of anilines is 1. The number of hydrogen-bond acceptors (Lipinski definition) is 3. The number of rotatable bonds is 5. The third-order valence-electron chi connectivity index (χ3n) is 5.82. The summed E-state index contributed by atoms with van der Waals surface area (Å²) < 4.78 is 5.01. The van der Waals surface area contributed by atoms with E-state index in [9.17, 15) is 9.59 Å². The fourth-order valence-electron chi connectivity index (χ4n) is 4.44. The Morgan fingerprint density at radius 3 is 1.93 bits per heavy atom. The molecule has 0 heterocycles. The van der Waals surface area contributed by atoms with Crippen LogP contribution in [-0.4, -0.2) is 35.6 Å². The maximum absolute atomic E-state index is 13.2. The Morgan fingerprint density at radius 1 is 0.926 bits per heavy atom. The van der Waals surface area contributed by atoms with Crippen LogP contribution in [0.1, 0.15) is 81.5 Å². The Morgan fingerprint density at radius 2 is 1.44 bits per heavy atom. The first kappa shape index (κ1) is 19.7. The summed E-state index contributed by atoms with van der Waals surface area (Å²) in [6.07, 6.45) is 11.9. The zero-order chi connectivity index (χ0) is 19.1. The molecule has 1 aromatic rings. The van der Waals surface area contributed by atoms with Crippen molar-refractivity contribution in [2.24, 2.45) is 0 Å². The van der Waals surface area contributed by atoms with E-state index in [1.165, 1.54) is 38.5 Å². The molecule has 2 fully saturated rings. The molecule has 1 N–H and O–H groups in total. The summed E-state index contributed by atoms with van der Waals surface area (Å²) in [7, 11) is 0. The molecule has 0 bridgehead atoms. The molecule has 0 atom stereocenters. The van der Waals surface area contributed by atoms with Crippen LogP contribution in [0.25, 0.3) is 0 Å². The SMILES string of the molecule is CCOC(=O)c1ccc(NC(=O)N(C2CCCCC2)C2CCCCC2)cc1. The van der Waals surface area contributed by atoms with Crippen LogP contribution in [-0.2, 0) is 4.74 Å². The van der Waals surface area contributed by atoms with E-state index >= 15 is 0 Å². The van der Waals surface area contributed by atoms with Crippen molar-refractivity contribution in [3.05, 3.63) is 29.8 Å². The van der Waals surface area contributed by atoms with Crippen molar-refractivity contribution >= 4 is 17.7 Å². The zero-order valence-corrected chi connectivity index (χ0v) is 16.4. The van der Waals surface area contributed by atoms with Crippen LogP contribution in [0.2, 0.25) is 0 Å². The van der Waals surface area contributed by atoms with Crippen molar-refractivity contribution in [1.29, 1.82) is 0 Å². The number of nitrogens with zero attached hydrogens (tertiary/aromatic N) is 1. The van der Waals surface area contributed by atoms with Gasteiger partial charge in [-0.25, -0.2) is 9.59 Å². The minimum absolute atomic E-state index is 0.0117. The Balaban J connectivity index is 1.68. The summed E-state index contributed by atoms with van der Waals surface area (Å²) in [5.74, 6) is -0.332. The molecule has 27 heavy (non-hydrogen) atoms. The fraction of sp³-hybridized carbons (Fsp3) is 0.636. The molecule has 5 nitrogen and oxygen atoms in total. The summed E-state index contributed by atoms with van der Waals surface area (Å²) in [4.78, 5) is 27.1. The highest BCUT2D eigenvalue weighted by atomic mass is 16.5. The van der Waals surface area contributed by atoms with Gasteiger partial charge in [0.25, 0.3) is 0 Å². The van der Waals surface area contributed by atoms with E-state index in [1.807, 2.05) is 0 Å². The van der Waals surface area contributed by atoms with Crippen LogP contribution >= 0.6 is 0 Å². The van der Waals surface area contributed by atoms with Gasteiger partial charge in [-0.05, 0) is 56.9 Å². The average Bonchev–Trinajstić information content (AvgIpc) is 2.70. The molecule has 0 radical (unpaired) electrons. The van der Waals surface area contributed by atoms with Crippen molar-refractivity contribution in [2.75, 3.05) is 11.9 Å². The quantitative estimate of drug-likeness (QED) is 0.708. The largest absolute Gasteiger partial charge is 0.462 e. The molecule has 2 amide bonds. The number of urea groups is 1. The lowest BCUT2D eigenvalue weighted by molar-refractivity contribution is 0.0526. The molecule has 5 heteroatoms. The number of amides is 2. The predicted octanol–water partition coefficient (Wildman–Crippen LogP) is 5.36. The summed E-state index contributed by atoms with van der Waals surface area (Å²) in [5, 5.41) is 3.07. The molecule has 0 unspecified atom stereocenters. The second kappa shape index (κ2) is 9.77. The van der Waals surface area contributed by atoms with Crippen LogP contribution in [0.4, 0.5) is 10.5 Å². The van der Waals surface area contributed by atoms with Gasteiger partial charge in [-0.15, -0.1) is 0 Å². The van der Waals surface area contributed by atoms with Gasteiger partial charge in [-0.2, -0.15) is 0 Å². The second-order valence-electron chi connectivity index (χ2n) is 7.72. The summed E-state index contributed by atoms with van der Waals surface area (Å²) in [5.41, 5.74) is 1.23. The van der Waals surface area contributed by atoms with Gasteiger partial charge in [0.1, 0.15) is 0 Å². The third kappa shape index (κ3) is 5.24. The molecular formula is C22H32N2O3. The number of carbonyl (C=O) groups is 2. The van der Waals surface area contributed by atoms with Crippen LogP contribution in [0.5, 0.6) is 0 Å². The molecule has 3 rings (SSSR count). The minimum atomic E-state index is -0.332. The highest BCUT2D eigenvalue weighted by Gasteiger charge is 2.32. The van der Waals surface area contributed by atoms with Gasteiger partial charge >= 0.3 is 12.0 Å². The van der Waals surface area contributed by atoms with Gasteiger partial charge < -0.3 is 15.0 Å². The Hall–Kier alpha value is -2.04. The first-order chi connectivity index (χ1) is 13.2. The van der Waals surface area contributed by atoms with Crippen molar-refractivity contribution < 1.29 is 14.3 Å². The molecule has 0 aliphatic heterocycles. The number of ether oxygens (including phenoxy) is 1. The third-order valence-corrected chi connectivity index (χ3v) is 5.82. The van der Waals surface area contributed by atoms with Gasteiger partial charge in [0.05, 0.1) is 12.2 Å². The lowest BCUT2D eigenvalue weighted by Crippen LogP contribution is -2.50. The Bertz CT molecular complexity index is 599. The molecule has 0 spiro atoms. The van der Waals surface area contributed by atoms with Gasteiger partial charge in [0, 0.05) is 17.8 Å². The predicted molar refractivity (Wildman–Crippen MR) is 107 cm³/mol. The number of carbonyl (C=O) groups excluding carboxylic acids is 2. The van der Waals surface area contributed by atoms with Crippen LogP contribution in [0, 0.1) is 0 Å². The fourth-order valence-corrected chi connectivity index (χ4v) is 4.44. The lowest BCUT2D eigenvalue weighted by Gasteiger charge is -2.41. The van der Waals surface area contributed by atoms with E-state index in [2.05, 4.69) is 10.2 Å². The molecule has 0 aromatic heterocycles. The Labute approximate surface area is 162 Å². The number of benzene rings is 1. The van der Waals surface area contributed by atoms with Gasteiger partial charge in [-0.1, -0.05) is 38.5 Å². The summed E-state index contributed by atoms with van der Waals surface area (Å²) >= 11 is 0. The lowest BCUT2D eigenvalue weighted by atomic mass is 9.89. The molecular weight excluding hydrogens is 340 g/mol. The topological polar surface area (TPSA) is 58.6 Å². The highest BCUT2D eigenvalue weighted by Crippen LogP contribution is 2.30. The van der Waals surface area contributed by atoms with Gasteiger partial charge in [-0.3, -0.25) is 0 Å². The van der Waals surface area contributed by atoms with Crippen molar-refractivity contribution in [2.45, 2.75) is 83.2 Å². The first-order valence-electron chi connectivity index (χ1n) is 10.6. The first-order valence-corrected chi connectivity index (χ1v) is 10.6. The maximum Gasteiger partial charge on any atom is 0.338 e. The van der Waals surface area contributed by atoms with Crippen LogP contribution in [0.15, 0.2) is 24.3 Å². The minimum Gasteiger partial charge on any atom is -0.462 e. The summed E-state index contributed by atoms with van der Waals surface area (Å²) in [6, 6.07) is 7.71. The highest BCUT2D eigenvalue weighted by molar-refractivity contribution is 5.92. The molecule has 2 aliphatic rings. The van der Waals surface area contributed by atoms with E-state index < -0.39 is 0 Å². The Kier molecular flexibility index (Phi) is 7.13. The van der Waals surface area contributed by atoms with E-state index in [4.69, 9.17) is 4.74 Å². The second-order valence-corrected chi connectivity index (χ2v) is 7.72. The van der Waals surface area contributed by atoms with E-state index in [0.717, 1.165) is 31.4 Å². The summed E-state index contributed by atoms with van der Waals surface area (Å²) in [6.45, 7) is 2.15. The van der Waals surface area contributed by atoms with Crippen molar-refractivity contribution in [3.8, 4) is 0 Å². The van der Waals surface area contributed by atoms with Crippen molar-refractivity contribution in [1.82, 2.24) is 4.90 Å². The monoisotopic (exact) mass is 372 g/mol. The van der Waals surface area contributed by atoms with E-state index in [0.29, 0.717) is 24.3 Å². The number of nitrogens with one attached hydrogen (secondary N) is 1. The van der Waals surface area contributed by atoms with E-state index in [1.54, 1.807) is 31.2 Å². The van der Waals surface area contributed by atoms with Crippen molar-refractivity contribution in [3.63, 3.8) is 0 Å². The standard InChI is InChI=1S/C22H32N2O3/c1-2-27-21(25)17-13-15-18(16-14-17)23-22(26)24(19-9-5-3-6-10-19)20-11-7-4-8-12-20/h13-16,19-20H,2-12H2,1H3,(H,23,26). The normalized spacial score (nSPS) is 18.7. The molecule has 2 aliphatic carbocycles. The zero-order valence-electron chi connectivity index (χ0n) is 16.4. The smallest absolute Gasteiger partial charge is 0.338 e. The average molecular weight is 373 g/mol. The number of esters is 1. The van der Waals surface area contributed by atoms with Gasteiger partial charge in [0.2, 0.25) is 0 Å². The molecule has 0 saturated heterocycles. The van der Waals surface area contributed by atoms with E-state index in [-0.39, 0.29) is 12.0 Å². The molecule has 148 valence electrons. The number of hydrogen-bond donors (Lipinski definition) is 1. The molecule has 2 saturated carbocycles. The maximum atomic E-state index is 13.2. The van der Waals surface area contributed by atoms with Crippen LogP contribution in [0.3, 0.4) is 0 Å². The molecule has 1 aromatic carbocycles.